The summed E-state index contributed by atoms with van der Waals surface area (Å²) in [5, 5.41) is 18.8. The Morgan fingerprint density at radius 3 is 2.56 bits per heavy atom. The predicted molar refractivity (Wildman–Crippen MR) is 129 cm³/mol. The Morgan fingerprint density at radius 1 is 1.28 bits per heavy atom. The summed E-state index contributed by atoms with van der Waals surface area (Å²) in [6, 6.07) is 2.04. The number of nitrogens with zero attached hydrogens (tertiary/aromatic N) is 4. The van der Waals surface area contributed by atoms with Crippen LogP contribution in [0.3, 0.4) is 0 Å². The monoisotopic (exact) mass is 474 g/mol. The third-order valence-electron chi connectivity index (χ3n) is 5.68. The standard InChI is InChI=1S/C22H26N4O4S2/c1-3-4-10-25-19(24-8-6-5-7-9-24)15(14(2)16(12-23)20(25)29)11-17-21(30)26(13-18(27)28)22(31)32-17/h11H,3-10,13H2,1-2H3,(H,27,28). The SMILES string of the molecule is CCCCn1c(N2CCCCC2)c(C=C2SC(=S)N(CC(=O)O)C2=O)c(C)c(C#N)c1=O. The van der Waals surface area contributed by atoms with Gasteiger partial charge in [-0.05, 0) is 44.2 Å². The summed E-state index contributed by atoms with van der Waals surface area (Å²) in [6.07, 6.45) is 6.47. The molecule has 1 amide bonds. The van der Waals surface area contributed by atoms with Crippen molar-refractivity contribution in [2.75, 3.05) is 24.5 Å². The number of piperidine rings is 1. The van der Waals surface area contributed by atoms with E-state index in [0.29, 0.717) is 22.6 Å². The van der Waals surface area contributed by atoms with Crippen molar-refractivity contribution in [1.82, 2.24) is 9.47 Å². The van der Waals surface area contributed by atoms with Crippen molar-refractivity contribution >= 4 is 52.1 Å². The van der Waals surface area contributed by atoms with Gasteiger partial charge in [0, 0.05) is 25.2 Å². The first kappa shape index (κ1) is 24.0. The summed E-state index contributed by atoms with van der Waals surface area (Å²) in [5.74, 6) is -0.896. The lowest BCUT2D eigenvalue weighted by Gasteiger charge is -2.33. The summed E-state index contributed by atoms with van der Waals surface area (Å²) in [4.78, 5) is 40.7. The number of aliphatic carboxylic acids is 1. The molecule has 0 aliphatic carbocycles. The molecule has 0 atom stereocenters. The number of rotatable bonds is 7. The number of carboxylic acid groups (broad SMARTS) is 1. The highest BCUT2D eigenvalue weighted by Gasteiger charge is 2.34. The second-order valence-corrected chi connectivity index (χ2v) is 9.54. The number of hydrogen-bond acceptors (Lipinski definition) is 7. The molecule has 2 aliphatic heterocycles. The van der Waals surface area contributed by atoms with E-state index in [9.17, 15) is 19.6 Å². The van der Waals surface area contributed by atoms with E-state index in [-0.39, 0.29) is 15.4 Å². The molecule has 10 heteroatoms. The average molecular weight is 475 g/mol. The van der Waals surface area contributed by atoms with Gasteiger partial charge in [-0.15, -0.1) is 0 Å². The minimum absolute atomic E-state index is 0.0640. The summed E-state index contributed by atoms with van der Waals surface area (Å²) >= 11 is 6.26. The first-order valence-electron chi connectivity index (χ1n) is 10.7. The van der Waals surface area contributed by atoms with Crippen LogP contribution < -0.4 is 10.5 Å². The maximum absolute atomic E-state index is 13.2. The van der Waals surface area contributed by atoms with Crippen LogP contribution in [0.15, 0.2) is 9.70 Å². The van der Waals surface area contributed by atoms with Crippen molar-refractivity contribution in [3.8, 4) is 6.07 Å². The van der Waals surface area contributed by atoms with E-state index < -0.39 is 18.4 Å². The number of aromatic nitrogens is 1. The van der Waals surface area contributed by atoms with Crippen molar-refractivity contribution in [3.63, 3.8) is 0 Å². The average Bonchev–Trinajstić information content (AvgIpc) is 3.02. The van der Waals surface area contributed by atoms with Gasteiger partial charge in [0.25, 0.3) is 11.5 Å². The number of carbonyl (C=O) groups excluding carboxylic acids is 1. The van der Waals surface area contributed by atoms with E-state index in [2.05, 4.69) is 4.90 Å². The van der Waals surface area contributed by atoms with Crippen molar-refractivity contribution in [1.29, 1.82) is 5.26 Å². The Labute approximate surface area is 196 Å². The van der Waals surface area contributed by atoms with Crippen LogP contribution in [0.1, 0.15) is 55.7 Å². The molecule has 0 unspecified atom stereocenters. The van der Waals surface area contributed by atoms with Gasteiger partial charge in [-0.2, -0.15) is 5.26 Å². The number of pyridine rings is 1. The minimum atomic E-state index is -1.15. The van der Waals surface area contributed by atoms with Gasteiger partial charge in [-0.25, -0.2) is 0 Å². The van der Waals surface area contributed by atoms with Gasteiger partial charge >= 0.3 is 5.97 Å². The smallest absolute Gasteiger partial charge is 0.323 e. The summed E-state index contributed by atoms with van der Waals surface area (Å²) in [7, 11) is 0. The predicted octanol–water partition coefficient (Wildman–Crippen LogP) is 3.10. The van der Waals surface area contributed by atoms with E-state index in [1.807, 2.05) is 13.0 Å². The lowest BCUT2D eigenvalue weighted by Crippen LogP contribution is -2.37. The zero-order valence-electron chi connectivity index (χ0n) is 18.2. The Kier molecular flexibility index (Phi) is 7.74. The zero-order valence-corrected chi connectivity index (χ0v) is 19.9. The van der Waals surface area contributed by atoms with Crippen LogP contribution in [0, 0.1) is 18.3 Å². The van der Waals surface area contributed by atoms with E-state index >= 15 is 0 Å². The lowest BCUT2D eigenvalue weighted by atomic mass is 10.0. The number of amides is 1. The highest BCUT2D eigenvalue weighted by molar-refractivity contribution is 8.26. The van der Waals surface area contributed by atoms with Crippen molar-refractivity contribution in [3.05, 3.63) is 31.9 Å². The molecular weight excluding hydrogens is 448 g/mol. The fourth-order valence-corrected chi connectivity index (χ4v) is 5.25. The third-order valence-corrected chi connectivity index (χ3v) is 7.06. The number of carbonyl (C=O) groups is 2. The van der Waals surface area contributed by atoms with E-state index in [4.69, 9.17) is 17.3 Å². The number of thiocarbonyl (C=S) groups is 1. The molecule has 0 aromatic carbocycles. The maximum Gasteiger partial charge on any atom is 0.323 e. The van der Waals surface area contributed by atoms with Crippen LogP contribution in [-0.2, 0) is 16.1 Å². The lowest BCUT2D eigenvalue weighted by molar-refractivity contribution is -0.140. The van der Waals surface area contributed by atoms with Crippen LogP contribution in [0.2, 0.25) is 0 Å². The van der Waals surface area contributed by atoms with E-state index in [1.54, 1.807) is 17.6 Å². The number of thioether (sulfide) groups is 1. The molecule has 1 aromatic rings. The molecule has 0 bridgehead atoms. The Hall–Kier alpha value is -2.64. The Bertz CT molecular complexity index is 1080. The van der Waals surface area contributed by atoms with Gasteiger partial charge in [0.1, 0.15) is 28.3 Å². The first-order valence-corrected chi connectivity index (χ1v) is 11.9. The third kappa shape index (κ3) is 4.74. The highest BCUT2D eigenvalue weighted by Crippen LogP contribution is 2.36. The number of carboxylic acids is 1. The molecule has 170 valence electrons. The van der Waals surface area contributed by atoms with Gasteiger partial charge in [0.05, 0.1) is 4.91 Å². The number of hydrogen-bond donors (Lipinski definition) is 1. The molecule has 3 heterocycles. The Balaban J connectivity index is 2.21. The van der Waals surface area contributed by atoms with Gasteiger partial charge < -0.3 is 10.0 Å². The van der Waals surface area contributed by atoms with Crippen LogP contribution in [0.25, 0.3) is 6.08 Å². The fraction of sp³-hybridized carbons (Fsp3) is 0.500. The molecule has 8 nitrogen and oxygen atoms in total. The highest BCUT2D eigenvalue weighted by atomic mass is 32.2. The number of unbranched alkanes of at least 4 members (excludes halogenated alkanes) is 1. The second-order valence-electron chi connectivity index (χ2n) is 7.87. The van der Waals surface area contributed by atoms with Crippen LogP contribution in [0.5, 0.6) is 0 Å². The van der Waals surface area contributed by atoms with Gasteiger partial charge in [0.2, 0.25) is 0 Å². The quantitative estimate of drug-likeness (QED) is 0.475. The molecule has 0 spiro atoms. The number of nitriles is 1. The van der Waals surface area contributed by atoms with Crippen LogP contribution >= 0.6 is 24.0 Å². The largest absolute Gasteiger partial charge is 0.480 e. The molecule has 32 heavy (non-hydrogen) atoms. The molecule has 2 aliphatic rings. The van der Waals surface area contributed by atoms with Crippen LogP contribution in [-0.4, -0.2) is 50.4 Å². The van der Waals surface area contributed by atoms with Crippen LogP contribution in [0.4, 0.5) is 5.82 Å². The number of anilines is 1. The van der Waals surface area contributed by atoms with E-state index in [1.165, 1.54) is 0 Å². The summed E-state index contributed by atoms with van der Waals surface area (Å²) < 4.78 is 1.85. The fourth-order valence-electron chi connectivity index (χ4n) is 4.02. The van der Waals surface area contributed by atoms with E-state index in [0.717, 1.165) is 67.7 Å². The summed E-state index contributed by atoms with van der Waals surface area (Å²) in [6.45, 7) is 5.33. The maximum atomic E-state index is 13.2. The zero-order chi connectivity index (χ0) is 23.4. The van der Waals surface area contributed by atoms with Crippen molar-refractivity contribution in [2.45, 2.75) is 52.5 Å². The van der Waals surface area contributed by atoms with Gasteiger partial charge in [-0.1, -0.05) is 37.3 Å². The molecule has 2 saturated heterocycles. The minimum Gasteiger partial charge on any atom is -0.480 e. The summed E-state index contributed by atoms with van der Waals surface area (Å²) in [5.41, 5.74) is 0.924. The molecule has 0 radical (unpaired) electrons. The van der Waals surface area contributed by atoms with Crippen molar-refractivity contribution in [2.24, 2.45) is 0 Å². The molecule has 0 saturated carbocycles. The topological polar surface area (TPSA) is 107 Å². The normalized spacial score (nSPS) is 17.8. The molecular formula is C22H26N4O4S2. The second kappa shape index (κ2) is 10.3. The van der Waals surface area contributed by atoms with Gasteiger partial charge in [-0.3, -0.25) is 23.9 Å². The van der Waals surface area contributed by atoms with Crippen molar-refractivity contribution < 1.29 is 14.7 Å². The Morgan fingerprint density at radius 2 is 1.97 bits per heavy atom. The molecule has 1 N–H and O–H groups in total. The molecule has 3 rings (SSSR count). The molecule has 1 aromatic heterocycles. The molecule has 2 fully saturated rings. The van der Waals surface area contributed by atoms with Gasteiger partial charge in [0.15, 0.2) is 0 Å². The first-order chi connectivity index (χ1) is 15.3.